The summed E-state index contributed by atoms with van der Waals surface area (Å²) in [6, 6.07) is 3.72. The lowest BCUT2D eigenvalue weighted by Crippen LogP contribution is -2.19. The van der Waals surface area contributed by atoms with E-state index < -0.39 is 0 Å². The van der Waals surface area contributed by atoms with Crippen LogP contribution in [-0.4, -0.2) is 20.3 Å². The molecule has 0 radical (unpaired) electrons. The molecule has 1 N–H and O–H groups in total. The van der Waals surface area contributed by atoms with Crippen molar-refractivity contribution in [1.82, 2.24) is 5.32 Å². The molecular formula is C15H24ClNO2. The van der Waals surface area contributed by atoms with Crippen LogP contribution in [0.5, 0.6) is 11.5 Å². The van der Waals surface area contributed by atoms with E-state index in [2.05, 4.69) is 26.1 Å². The summed E-state index contributed by atoms with van der Waals surface area (Å²) in [6.45, 7) is 8.81. The Labute approximate surface area is 121 Å². The summed E-state index contributed by atoms with van der Waals surface area (Å²) in [6.07, 6.45) is 0.963. The molecule has 0 aliphatic heterocycles. The Balaban J connectivity index is 2.88. The zero-order valence-electron chi connectivity index (χ0n) is 12.3. The zero-order chi connectivity index (χ0) is 14.3. The predicted molar refractivity (Wildman–Crippen MR) is 80.3 cm³/mol. The van der Waals surface area contributed by atoms with Gasteiger partial charge in [0.15, 0.2) is 11.5 Å². The van der Waals surface area contributed by atoms with Gasteiger partial charge in [-0.2, -0.15) is 0 Å². The van der Waals surface area contributed by atoms with Crippen molar-refractivity contribution in [3.8, 4) is 11.5 Å². The third-order valence-electron chi connectivity index (χ3n) is 2.64. The van der Waals surface area contributed by atoms with E-state index in [-0.39, 0.29) is 0 Å². The first-order valence-electron chi connectivity index (χ1n) is 6.78. The lowest BCUT2D eigenvalue weighted by atomic mass is 10.1. The molecular weight excluding hydrogens is 262 g/mol. The minimum Gasteiger partial charge on any atom is -0.493 e. The quantitative estimate of drug-likeness (QED) is 0.786. The second kappa shape index (κ2) is 8.28. The molecule has 1 aromatic rings. The number of halogens is 1. The van der Waals surface area contributed by atoms with E-state index in [9.17, 15) is 0 Å². The Morgan fingerprint density at radius 1 is 1.32 bits per heavy atom. The maximum atomic E-state index is 6.11. The molecule has 1 rings (SSSR count). The molecule has 0 bridgehead atoms. The van der Waals surface area contributed by atoms with Crippen molar-refractivity contribution in [3.05, 3.63) is 22.7 Å². The molecule has 0 aliphatic carbocycles. The molecule has 0 spiro atoms. The third kappa shape index (κ3) is 5.29. The molecule has 0 saturated heterocycles. The molecule has 0 fully saturated rings. The van der Waals surface area contributed by atoms with Crippen LogP contribution in [0.2, 0.25) is 5.02 Å². The van der Waals surface area contributed by atoms with Crippen molar-refractivity contribution in [2.24, 2.45) is 5.92 Å². The van der Waals surface area contributed by atoms with E-state index in [0.29, 0.717) is 23.3 Å². The Morgan fingerprint density at radius 3 is 2.63 bits per heavy atom. The highest BCUT2D eigenvalue weighted by Gasteiger charge is 2.12. The van der Waals surface area contributed by atoms with Gasteiger partial charge in [-0.15, -0.1) is 0 Å². The van der Waals surface area contributed by atoms with Gasteiger partial charge in [-0.1, -0.05) is 32.4 Å². The molecule has 1 aromatic carbocycles. The number of hydrogen-bond acceptors (Lipinski definition) is 3. The van der Waals surface area contributed by atoms with Crippen LogP contribution in [0.1, 0.15) is 32.8 Å². The summed E-state index contributed by atoms with van der Waals surface area (Å²) in [5, 5.41) is 4.07. The van der Waals surface area contributed by atoms with Gasteiger partial charge in [-0.25, -0.2) is 0 Å². The van der Waals surface area contributed by atoms with E-state index in [4.69, 9.17) is 21.1 Å². The lowest BCUT2D eigenvalue weighted by Gasteiger charge is -2.16. The normalized spacial score (nSPS) is 10.8. The summed E-state index contributed by atoms with van der Waals surface area (Å²) in [4.78, 5) is 0. The summed E-state index contributed by atoms with van der Waals surface area (Å²) in [7, 11) is 1.63. The van der Waals surface area contributed by atoms with Crippen LogP contribution in [0.15, 0.2) is 12.1 Å². The van der Waals surface area contributed by atoms with Gasteiger partial charge in [0.1, 0.15) is 0 Å². The molecule has 0 aliphatic rings. The minimum absolute atomic E-state index is 0.612. The van der Waals surface area contributed by atoms with Crippen LogP contribution in [0.4, 0.5) is 0 Å². The Hall–Kier alpha value is -0.930. The standard InChI is InChI=1S/C15H24ClNO2/c1-5-6-19-15-12(10-17-9-11(2)3)7-13(16)8-14(15)18-4/h7-8,11,17H,5-6,9-10H2,1-4H3. The van der Waals surface area contributed by atoms with Crippen LogP contribution in [0, 0.1) is 5.92 Å². The van der Waals surface area contributed by atoms with E-state index >= 15 is 0 Å². The van der Waals surface area contributed by atoms with Crippen molar-refractivity contribution >= 4 is 11.6 Å². The molecule has 0 aromatic heterocycles. The largest absolute Gasteiger partial charge is 0.493 e. The molecule has 19 heavy (non-hydrogen) atoms. The molecule has 0 atom stereocenters. The van der Waals surface area contributed by atoms with Crippen LogP contribution >= 0.6 is 11.6 Å². The SMILES string of the molecule is CCCOc1c(CNCC(C)C)cc(Cl)cc1OC. The lowest BCUT2D eigenvalue weighted by molar-refractivity contribution is 0.290. The highest BCUT2D eigenvalue weighted by atomic mass is 35.5. The second-order valence-corrected chi connectivity index (χ2v) is 5.41. The average Bonchev–Trinajstić information content (AvgIpc) is 2.36. The summed E-state index contributed by atoms with van der Waals surface area (Å²) in [5.74, 6) is 2.10. The highest BCUT2D eigenvalue weighted by molar-refractivity contribution is 6.30. The Bertz CT molecular complexity index is 394. The van der Waals surface area contributed by atoms with Crippen LogP contribution in [-0.2, 0) is 6.54 Å². The van der Waals surface area contributed by atoms with Crippen molar-refractivity contribution in [3.63, 3.8) is 0 Å². The topological polar surface area (TPSA) is 30.5 Å². The van der Waals surface area contributed by atoms with Gasteiger partial charge >= 0.3 is 0 Å². The second-order valence-electron chi connectivity index (χ2n) is 4.97. The minimum atomic E-state index is 0.612. The van der Waals surface area contributed by atoms with Crippen molar-refractivity contribution in [1.29, 1.82) is 0 Å². The fourth-order valence-corrected chi connectivity index (χ4v) is 2.00. The van der Waals surface area contributed by atoms with Gasteiger partial charge in [0.2, 0.25) is 0 Å². The van der Waals surface area contributed by atoms with Gasteiger partial charge in [0.05, 0.1) is 13.7 Å². The van der Waals surface area contributed by atoms with E-state index in [0.717, 1.165) is 30.8 Å². The monoisotopic (exact) mass is 285 g/mol. The molecule has 0 heterocycles. The first kappa shape index (κ1) is 16.1. The van der Waals surface area contributed by atoms with Crippen LogP contribution in [0.25, 0.3) is 0 Å². The zero-order valence-corrected chi connectivity index (χ0v) is 13.0. The molecule has 3 nitrogen and oxygen atoms in total. The van der Waals surface area contributed by atoms with Crippen LogP contribution in [0.3, 0.4) is 0 Å². The Morgan fingerprint density at radius 2 is 2.05 bits per heavy atom. The number of benzene rings is 1. The van der Waals surface area contributed by atoms with E-state index in [1.54, 1.807) is 13.2 Å². The summed E-state index contributed by atoms with van der Waals surface area (Å²) in [5.41, 5.74) is 1.04. The summed E-state index contributed by atoms with van der Waals surface area (Å²) >= 11 is 6.11. The van der Waals surface area contributed by atoms with E-state index in [1.807, 2.05) is 6.07 Å². The molecule has 108 valence electrons. The number of nitrogens with one attached hydrogen (secondary N) is 1. The maximum absolute atomic E-state index is 6.11. The maximum Gasteiger partial charge on any atom is 0.165 e. The smallest absolute Gasteiger partial charge is 0.165 e. The van der Waals surface area contributed by atoms with Crippen LogP contribution < -0.4 is 14.8 Å². The predicted octanol–water partition coefficient (Wildman–Crippen LogP) is 3.88. The summed E-state index contributed by atoms with van der Waals surface area (Å²) < 4.78 is 11.2. The highest BCUT2D eigenvalue weighted by Crippen LogP contribution is 2.34. The fraction of sp³-hybridized carbons (Fsp3) is 0.600. The fourth-order valence-electron chi connectivity index (χ4n) is 1.77. The Kier molecular flexibility index (Phi) is 7.03. The van der Waals surface area contributed by atoms with Crippen molar-refractivity contribution < 1.29 is 9.47 Å². The van der Waals surface area contributed by atoms with Gasteiger partial charge < -0.3 is 14.8 Å². The first-order chi connectivity index (χ1) is 9.08. The molecule has 0 unspecified atom stereocenters. The molecule has 0 amide bonds. The van der Waals surface area contributed by atoms with Gasteiger partial charge in [-0.3, -0.25) is 0 Å². The van der Waals surface area contributed by atoms with Crippen molar-refractivity contribution in [2.45, 2.75) is 33.7 Å². The third-order valence-corrected chi connectivity index (χ3v) is 2.85. The average molecular weight is 286 g/mol. The van der Waals surface area contributed by atoms with E-state index in [1.165, 1.54) is 0 Å². The number of methoxy groups -OCH3 is 1. The molecule has 4 heteroatoms. The van der Waals surface area contributed by atoms with Gasteiger partial charge in [0.25, 0.3) is 0 Å². The van der Waals surface area contributed by atoms with Gasteiger partial charge in [-0.05, 0) is 24.9 Å². The number of hydrogen-bond donors (Lipinski definition) is 1. The molecule has 0 saturated carbocycles. The van der Waals surface area contributed by atoms with Gasteiger partial charge in [0, 0.05) is 23.2 Å². The number of rotatable bonds is 8. The first-order valence-corrected chi connectivity index (χ1v) is 7.16. The number of ether oxygens (including phenoxy) is 2. The van der Waals surface area contributed by atoms with Crippen molar-refractivity contribution in [2.75, 3.05) is 20.3 Å².